The molecule has 154 valence electrons. The quantitative estimate of drug-likeness (QED) is 0.368. The zero-order chi connectivity index (χ0) is 21.4. The third-order valence-corrected chi connectivity index (χ3v) is 5.94. The maximum Gasteiger partial charge on any atom is 0.280 e. The lowest BCUT2D eigenvalue weighted by Crippen LogP contribution is -2.12. The maximum atomic E-state index is 11.1. The minimum Gasteiger partial charge on any atom is -0.369 e. The lowest BCUT2D eigenvalue weighted by Gasteiger charge is -2.19. The summed E-state index contributed by atoms with van der Waals surface area (Å²) in [6.45, 7) is 2.24. The Bertz CT molecular complexity index is 1490. The average Bonchev–Trinajstić information content (AvgIpc) is 2.80. The van der Waals surface area contributed by atoms with Crippen LogP contribution in [0.25, 0.3) is 32.7 Å². The Morgan fingerprint density at radius 1 is 0.903 bits per heavy atom. The molecule has 0 saturated carbocycles. The van der Waals surface area contributed by atoms with Crippen LogP contribution < -0.4 is 11.3 Å². The van der Waals surface area contributed by atoms with E-state index in [1.165, 1.54) is 65.2 Å². The molecule has 0 spiro atoms. The van der Waals surface area contributed by atoms with Gasteiger partial charge in [0, 0.05) is 12.4 Å². The standard InChI is InChI=1S/C19H18.C6H5N5O/c1-13-12-19-16-8-3-2-6-14(16)10-11-18(19)17-9-5-4-7-15(13)17;7-6-10-4-3(5(12)11-6)8-1-2-9-4/h4-5,7,9-12H,2-3,6,8H2,1H3;1-2H,(H3,7,9,10,11,12). The Morgan fingerprint density at radius 2 is 1.65 bits per heavy atom. The number of nitrogens with zero attached hydrogens (tertiary/aromatic N) is 3. The van der Waals surface area contributed by atoms with Crippen molar-refractivity contribution in [3.63, 3.8) is 0 Å². The third-order valence-electron chi connectivity index (χ3n) is 5.94. The van der Waals surface area contributed by atoms with Crippen molar-refractivity contribution in [3.05, 3.63) is 81.9 Å². The summed E-state index contributed by atoms with van der Waals surface area (Å²) in [4.78, 5) is 24.9. The van der Waals surface area contributed by atoms with Gasteiger partial charge in [-0.05, 0) is 70.8 Å². The molecule has 0 bridgehead atoms. The van der Waals surface area contributed by atoms with Crippen LogP contribution in [0.5, 0.6) is 0 Å². The van der Waals surface area contributed by atoms with Gasteiger partial charge in [0.05, 0.1) is 0 Å². The molecule has 2 aromatic heterocycles. The number of rotatable bonds is 0. The second kappa shape index (κ2) is 7.80. The molecule has 31 heavy (non-hydrogen) atoms. The van der Waals surface area contributed by atoms with E-state index in [1.807, 2.05) is 0 Å². The first kappa shape index (κ1) is 19.2. The van der Waals surface area contributed by atoms with E-state index in [1.54, 1.807) is 11.1 Å². The van der Waals surface area contributed by atoms with Gasteiger partial charge in [-0.25, -0.2) is 9.97 Å². The summed E-state index contributed by atoms with van der Waals surface area (Å²) in [5, 5.41) is 5.73. The Kier molecular flexibility index (Phi) is 4.82. The molecule has 1 aliphatic rings. The zero-order valence-corrected chi connectivity index (χ0v) is 17.4. The number of benzene rings is 3. The Balaban J connectivity index is 0.000000147. The van der Waals surface area contributed by atoms with Gasteiger partial charge < -0.3 is 5.73 Å². The van der Waals surface area contributed by atoms with E-state index in [4.69, 9.17) is 5.73 Å². The summed E-state index contributed by atoms with van der Waals surface area (Å²) in [5.41, 5.74) is 9.97. The highest BCUT2D eigenvalue weighted by atomic mass is 16.1. The molecule has 3 aromatic carbocycles. The van der Waals surface area contributed by atoms with Gasteiger partial charge in [0.1, 0.15) is 0 Å². The predicted molar refractivity (Wildman–Crippen MR) is 125 cm³/mol. The summed E-state index contributed by atoms with van der Waals surface area (Å²) < 4.78 is 0. The fourth-order valence-electron chi connectivity index (χ4n) is 4.50. The SMILES string of the molecule is Cc1cc2c3c(ccc2c2ccccc12)CCCC3.Nc1nc2nccnc2c(=O)[nH]1. The molecule has 6 nitrogen and oxygen atoms in total. The Labute approximate surface area is 179 Å². The van der Waals surface area contributed by atoms with E-state index < -0.39 is 0 Å². The minimum atomic E-state index is -0.370. The Hall–Kier alpha value is -3.80. The van der Waals surface area contributed by atoms with E-state index in [2.05, 4.69) is 69.3 Å². The second-order valence-electron chi connectivity index (χ2n) is 7.92. The maximum absolute atomic E-state index is 11.1. The van der Waals surface area contributed by atoms with Crippen molar-refractivity contribution in [2.45, 2.75) is 32.6 Å². The summed E-state index contributed by atoms with van der Waals surface area (Å²) in [5.74, 6) is 0.0491. The summed E-state index contributed by atoms with van der Waals surface area (Å²) >= 11 is 0. The summed E-state index contributed by atoms with van der Waals surface area (Å²) in [7, 11) is 0. The number of aromatic amines is 1. The van der Waals surface area contributed by atoms with Crippen LogP contribution in [0, 0.1) is 6.92 Å². The number of H-pyrrole nitrogens is 1. The number of nitrogens with two attached hydrogens (primary N) is 1. The first-order valence-electron chi connectivity index (χ1n) is 10.5. The van der Waals surface area contributed by atoms with E-state index in [0.29, 0.717) is 0 Å². The van der Waals surface area contributed by atoms with Gasteiger partial charge in [0.25, 0.3) is 5.56 Å². The molecule has 6 rings (SSSR count). The smallest absolute Gasteiger partial charge is 0.280 e. The van der Waals surface area contributed by atoms with Crippen LogP contribution in [-0.2, 0) is 12.8 Å². The molecule has 6 heteroatoms. The topological polar surface area (TPSA) is 97.5 Å². The second-order valence-corrected chi connectivity index (χ2v) is 7.92. The van der Waals surface area contributed by atoms with Gasteiger partial charge in [-0.2, -0.15) is 4.98 Å². The predicted octanol–water partition coefficient (Wildman–Crippen LogP) is 4.48. The average molecular weight is 409 g/mol. The molecule has 0 amide bonds. The molecule has 0 atom stereocenters. The zero-order valence-electron chi connectivity index (χ0n) is 17.4. The van der Waals surface area contributed by atoms with Crippen molar-refractivity contribution in [1.82, 2.24) is 19.9 Å². The lowest BCUT2D eigenvalue weighted by atomic mass is 9.85. The van der Waals surface area contributed by atoms with Crippen molar-refractivity contribution in [2.75, 3.05) is 5.73 Å². The van der Waals surface area contributed by atoms with Gasteiger partial charge in [-0.3, -0.25) is 9.78 Å². The molecule has 0 saturated heterocycles. The van der Waals surface area contributed by atoms with E-state index in [9.17, 15) is 4.79 Å². The van der Waals surface area contributed by atoms with E-state index in [0.717, 1.165) is 0 Å². The minimum absolute atomic E-state index is 0.0491. The molecular formula is C25H23N5O. The van der Waals surface area contributed by atoms with Crippen LogP contribution in [0.4, 0.5) is 5.95 Å². The highest BCUT2D eigenvalue weighted by Gasteiger charge is 2.14. The molecule has 1 aliphatic carbocycles. The first-order chi connectivity index (χ1) is 15.1. The normalized spacial score (nSPS) is 13.1. The van der Waals surface area contributed by atoms with Crippen molar-refractivity contribution in [2.24, 2.45) is 0 Å². The summed E-state index contributed by atoms with van der Waals surface area (Å²) in [6.07, 6.45) is 8.09. The van der Waals surface area contributed by atoms with Crippen molar-refractivity contribution in [3.8, 4) is 0 Å². The number of hydrogen-bond donors (Lipinski definition) is 2. The molecule has 0 aliphatic heterocycles. The molecule has 0 unspecified atom stereocenters. The van der Waals surface area contributed by atoms with Gasteiger partial charge in [-0.15, -0.1) is 0 Å². The van der Waals surface area contributed by atoms with Crippen LogP contribution in [0.3, 0.4) is 0 Å². The van der Waals surface area contributed by atoms with Crippen LogP contribution in [0.2, 0.25) is 0 Å². The van der Waals surface area contributed by atoms with Crippen LogP contribution in [0.1, 0.15) is 29.5 Å². The largest absolute Gasteiger partial charge is 0.369 e. The number of aryl methyl sites for hydroxylation is 3. The fraction of sp³-hybridized carbons (Fsp3) is 0.200. The number of anilines is 1. The molecule has 0 fully saturated rings. The van der Waals surface area contributed by atoms with E-state index >= 15 is 0 Å². The summed E-state index contributed by atoms with van der Waals surface area (Å²) in [6, 6.07) is 15.9. The third kappa shape index (κ3) is 3.50. The lowest BCUT2D eigenvalue weighted by molar-refractivity contribution is 0.690. The Morgan fingerprint density at radius 3 is 2.52 bits per heavy atom. The first-order valence-corrected chi connectivity index (χ1v) is 10.5. The monoisotopic (exact) mass is 409 g/mol. The number of aromatic nitrogens is 4. The van der Waals surface area contributed by atoms with Gasteiger partial charge in [0.2, 0.25) is 5.95 Å². The molecular weight excluding hydrogens is 386 g/mol. The van der Waals surface area contributed by atoms with Gasteiger partial charge >= 0.3 is 0 Å². The highest BCUT2D eigenvalue weighted by Crippen LogP contribution is 2.34. The van der Waals surface area contributed by atoms with Crippen LogP contribution >= 0.6 is 0 Å². The number of hydrogen-bond acceptors (Lipinski definition) is 5. The van der Waals surface area contributed by atoms with Crippen LogP contribution in [-0.4, -0.2) is 19.9 Å². The number of nitrogen functional groups attached to an aromatic ring is 1. The fourth-order valence-corrected chi connectivity index (χ4v) is 4.50. The number of nitrogens with one attached hydrogen (secondary N) is 1. The van der Waals surface area contributed by atoms with Gasteiger partial charge in [-0.1, -0.05) is 42.5 Å². The molecule has 5 aromatic rings. The van der Waals surface area contributed by atoms with Crippen LogP contribution in [0.15, 0.2) is 59.7 Å². The molecule has 3 N–H and O–H groups in total. The van der Waals surface area contributed by atoms with Gasteiger partial charge in [0.15, 0.2) is 11.2 Å². The van der Waals surface area contributed by atoms with Crippen molar-refractivity contribution in [1.29, 1.82) is 0 Å². The molecule has 0 radical (unpaired) electrons. The highest BCUT2D eigenvalue weighted by molar-refractivity contribution is 6.10. The van der Waals surface area contributed by atoms with Crippen molar-refractivity contribution < 1.29 is 0 Å². The van der Waals surface area contributed by atoms with E-state index in [-0.39, 0.29) is 22.7 Å². The molecule has 2 heterocycles. The van der Waals surface area contributed by atoms with Crippen molar-refractivity contribution >= 4 is 38.7 Å². The number of fused-ring (bicyclic) bond motifs is 6.